The number of benzene rings is 1. The van der Waals surface area contributed by atoms with Gasteiger partial charge in [0.25, 0.3) is 5.91 Å². The molecule has 0 aliphatic carbocycles. The van der Waals surface area contributed by atoms with Crippen LogP contribution in [-0.4, -0.2) is 35.2 Å². The maximum absolute atomic E-state index is 12.0. The number of aliphatic carboxylic acids is 1. The van der Waals surface area contributed by atoms with Crippen molar-refractivity contribution in [1.82, 2.24) is 0 Å². The fourth-order valence-corrected chi connectivity index (χ4v) is 2.05. The van der Waals surface area contributed by atoms with E-state index in [0.717, 1.165) is 0 Å². The molecule has 0 radical (unpaired) electrons. The molecule has 1 saturated heterocycles. The van der Waals surface area contributed by atoms with E-state index in [4.69, 9.17) is 15.6 Å². The number of rotatable bonds is 4. The fraction of sp³-hybridized carbons (Fsp3) is 0.308. The number of nitrogens with two attached hydrogens (primary N) is 1. The van der Waals surface area contributed by atoms with Gasteiger partial charge in [0.05, 0.1) is 0 Å². The van der Waals surface area contributed by atoms with Gasteiger partial charge in [-0.15, -0.1) is 0 Å². The lowest BCUT2D eigenvalue weighted by atomic mass is 10.2. The van der Waals surface area contributed by atoms with Gasteiger partial charge in [0.1, 0.15) is 6.10 Å². The Labute approximate surface area is 120 Å². The number of carboxylic acids is 1. The number of nitrogens with one attached hydrogen (secondary N) is 2. The Morgan fingerprint density at radius 2 is 1.76 bits per heavy atom. The lowest BCUT2D eigenvalue weighted by Crippen LogP contribution is -2.30. The molecule has 2 atom stereocenters. The molecular weight excluding hydrogens is 278 g/mol. The Morgan fingerprint density at radius 1 is 1.14 bits per heavy atom. The van der Waals surface area contributed by atoms with E-state index in [1.807, 2.05) is 0 Å². The van der Waals surface area contributed by atoms with Gasteiger partial charge >= 0.3 is 12.0 Å². The highest BCUT2D eigenvalue weighted by Crippen LogP contribution is 2.22. The minimum Gasteiger partial charge on any atom is -0.479 e. The largest absolute Gasteiger partial charge is 0.479 e. The predicted molar refractivity (Wildman–Crippen MR) is 73.8 cm³/mol. The number of primary amides is 1. The van der Waals surface area contributed by atoms with Crippen LogP contribution in [-0.2, 0) is 14.3 Å². The van der Waals surface area contributed by atoms with E-state index in [1.165, 1.54) is 6.07 Å². The molecule has 0 aromatic heterocycles. The van der Waals surface area contributed by atoms with E-state index < -0.39 is 30.1 Å². The first kappa shape index (κ1) is 14.8. The average molecular weight is 293 g/mol. The van der Waals surface area contributed by atoms with Gasteiger partial charge in [-0.2, -0.15) is 0 Å². The summed E-state index contributed by atoms with van der Waals surface area (Å²) in [6, 6.07) is 5.71. The monoisotopic (exact) mass is 293 g/mol. The number of amides is 3. The van der Waals surface area contributed by atoms with E-state index in [-0.39, 0.29) is 0 Å². The molecule has 3 amide bonds. The van der Waals surface area contributed by atoms with Crippen LogP contribution in [0.25, 0.3) is 0 Å². The summed E-state index contributed by atoms with van der Waals surface area (Å²) in [5.74, 6) is -1.49. The topological polar surface area (TPSA) is 131 Å². The molecule has 2 unspecified atom stereocenters. The maximum Gasteiger partial charge on any atom is 0.332 e. The van der Waals surface area contributed by atoms with Crippen LogP contribution >= 0.6 is 0 Å². The lowest BCUT2D eigenvalue weighted by Gasteiger charge is -2.12. The van der Waals surface area contributed by atoms with Crippen LogP contribution in [0, 0.1) is 0 Å². The first-order valence-corrected chi connectivity index (χ1v) is 6.31. The summed E-state index contributed by atoms with van der Waals surface area (Å²) in [5.41, 5.74) is 5.90. The van der Waals surface area contributed by atoms with Crippen LogP contribution in [0.3, 0.4) is 0 Å². The molecule has 0 bridgehead atoms. The minimum absolute atomic E-state index is 0.302. The molecule has 1 aliphatic heterocycles. The number of carboxylic acid groups (broad SMARTS) is 1. The van der Waals surface area contributed by atoms with E-state index in [2.05, 4.69) is 10.6 Å². The Balaban J connectivity index is 1.97. The second-order valence-corrected chi connectivity index (χ2v) is 4.59. The van der Waals surface area contributed by atoms with Crippen molar-refractivity contribution in [1.29, 1.82) is 0 Å². The summed E-state index contributed by atoms with van der Waals surface area (Å²) in [4.78, 5) is 33.5. The van der Waals surface area contributed by atoms with Gasteiger partial charge in [0.2, 0.25) is 0 Å². The zero-order valence-electron chi connectivity index (χ0n) is 11.0. The van der Waals surface area contributed by atoms with E-state index in [0.29, 0.717) is 24.2 Å². The van der Waals surface area contributed by atoms with Crippen molar-refractivity contribution >= 4 is 29.3 Å². The highest BCUT2D eigenvalue weighted by Gasteiger charge is 2.34. The standard InChI is InChI=1S/C13H15N3O5/c14-13(20)16-8-3-1-2-7(6-8)15-11(17)9-4-5-10(21-9)12(18)19/h1-3,6,9-10H,4-5H2,(H,15,17)(H,18,19)(H3,14,16,20). The van der Waals surface area contributed by atoms with Crippen molar-refractivity contribution in [3.63, 3.8) is 0 Å². The van der Waals surface area contributed by atoms with Gasteiger partial charge < -0.3 is 26.2 Å². The molecule has 1 aromatic rings. The van der Waals surface area contributed by atoms with Crippen molar-refractivity contribution in [2.45, 2.75) is 25.0 Å². The number of ether oxygens (including phenoxy) is 1. The van der Waals surface area contributed by atoms with Crippen LogP contribution in [0.1, 0.15) is 12.8 Å². The summed E-state index contributed by atoms with van der Waals surface area (Å²) in [7, 11) is 0. The summed E-state index contributed by atoms with van der Waals surface area (Å²) >= 11 is 0. The van der Waals surface area contributed by atoms with Crippen molar-refractivity contribution < 1.29 is 24.2 Å². The second-order valence-electron chi connectivity index (χ2n) is 4.59. The van der Waals surface area contributed by atoms with Crippen LogP contribution in [0.2, 0.25) is 0 Å². The second kappa shape index (κ2) is 6.23. The van der Waals surface area contributed by atoms with Crippen molar-refractivity contribution in [2.24, 2.45) is 5.73 Å². The summed E-state index contributed by atoms with van der Waals surface area (Å²) in [6.07, 6.45) is -1.08. The van der Waals surface area contributed by atoms with Crippen molar-refractivity contribution in [3.05, 3.63) is 24.3 Å². The van der Waals surface area contributed by atoms with Gasteiger partial charge in [0.15, 0.2) is 6.10 Å². The van der Waals surface area contributed by atoms with Crippen LogP contribution in [0.15, 0.2) is 24.3 Å². The van der Waals surface area contributed by atoms with Crippen molar-refractivity contribution in [3.8, 4) is 0 Å². The van der Waals surface area contributed by atoms with Gasteiger partial charge in [-0.25, -0.2) is 9.59 Å². The number of hydrogen-bond acceptors (Lipinski definition) is 4. The molecule has 1 heterocycles. The zero-order valence-corrected chi connectivity index (χ0v) is 11.0. The molecule has 1 fully saturated rings. The SMILES string of the molecule is NC(=O)Nc1cccc(NC(=O)C2CCC(C(=O)O)O2)c1. The van der Waals surface area contributed by atoms with Crippen LogP contribution in [0.4, 0.5) is 16.2 Å². The first-order chi connectivity index (χ1) is 9.95. The highest BCUT2D eigenvalue weighted by atomic mass is 16.5. The molecular formula is C13H15N3O5. The molecule has 0 saturated carbocycles. The normalized spacial score (nSPS) is 20.8. The van der Waals surface area contributed by atoms with E-state index in [1.54, 1.807) is 18.2 Å². The lowest BCUT2D eigenvalue weighted by molar-refractivity contribution is -0.150. The number of hydrogen-bond donors (Lipinski definition) is 4. The smallest absolute Gasteiger partial charge is 0.332 e. The Hall–Kier alpha value is -2.61. The fourth-order valence-electron chi connectivity index (χ4n) is 2.05. The molecule has 1 aromatic carbocycles. The predicted octanol–water partition coefficient (Wildman–Crippen LogP) is 0.748. The quantitative estimate of drug-likeness (QED) is 0.650. The van der Waals surface area contributed by atoms with Crippen LogP contribution in [0.5, 0.6) is 0 Å². The highest BCUT2D eigenvalue weighted by molar-refractivity contribution is 5.96. The number of urea groups is 1. The summed E-state index contributed by atoms with van der Waals surface area (Å²) in [6.45, 7) is 0. The molecule has 8 nitrogen and oxygen atoms in total. The maximum atomic E-state index is 12.0. The third-order valence-electron chi connectivity index (χ3n) is 2.99. The first-order valence-electron chi connectivity index (χ1n) is 6.31. The van der Waals surface area contributed by atoms with Crippen LogP contribution < -0.4 is 16.4 Å². The average Bonchev–Trinajstić information content (AvgIpc) is 2.88. The number of carbonyl (C=O) groups excluding carboxylic acids is 2. The van der Waals surface area contributed by atoms with Gasteiger partial charge in [-0.1, -0.05) is 6.07 Å². The van der Waals surface area contributed by atoms with E-state index in [9.17, 15) is 14.4 Å². The minimum atomic E-state index is -1.07. The Morgan fingerprint density at radius 3 is 2.33 bits per heavy atom. The Bertz CT molecular complexity index is 575. The zero-order chi connectivity index (χ0) is 15.4. The number of carbonyl (C=O) groups is 3. The Kier molecular flexibility index (Phi) is 4.39. The van der Waals surface area contributed by atoms with Gasteiger partial charge in [-0.3, -0.25) is 4.79 Å². The third kappa shape index (κ3) is 3.93. The summed E-state index contributed by atoms with van der Waals surface area (Å²) in [5, 5.41) is 13.8. The molecule has 2 rings (SSSR count). The van der Waals surface area contributed by atoms with Gasteiger partial charge in [0, 0.05) is 11.4 Å². The summed E-state index contributed by atoms with van der Waals surface area (Å²) < 4.78 is 5.15. The molecule has 112 valence electrons. The van der Waals surface area contributed by atoms with Gasteiger partial charge in [-0.05, 0) is 31.0 Å². The van der Waals surface area contributed by atoms with E-state index >= 15 is 0 Å². The molecule has 8 heteroatoms. The third-order valence-corrected chi connectivity index (χ3v) is 2.99. The molecule has 0 spiro atoms. The molecule has 1 aliphatic rings. The van der Waals surface area contributed by atoms with Crippen molar-refractivity contribution in [2.75, 3.05) is 10.6 Å². The number of anilines is 2. The molecule has 21 heavy (non-hydrogen) atoms. The molecule has 5 N–H and O–H groups in total.